The van der Waals surface area contributed by atoms with Crippen LogP contribution in [0.25, 0.3) is 0 Å². The van der Waals surface area contributed by atoms with Gasteiger partial charge in [0.1, 0.15) is 140 Å². The summed E-state index contributed by atoms with van der Waals surface area (Å²) < 4.78 is 83.8. The molecule has 20 N–H and O–H groups in total. The van der Waals surface area contributed by atoms with Crippen LogP contribution in [0.5, 0.6) is 0 Å². The van der Waals surface area contributed by atoms with E-state index in [2.05, 4.69) is 4.52 Å². The first kappa shape index (κ1) is 64.6. The van der Waals surface area contributed by atoms with Gasteiger partial charge in [-0.1, -0.05) is 6.92 Å². The predicted octanol–water partition coefficient (Wildman–Crippen LogP) is -11.7. The monoisotopic (exact) mass is 1150 g/mol. The normalized spacial score (nSPS) is 48.2. The lowest BCUT2D eigenvalue weighted by atomic mass is 9.96. The van der Waals surface area contributed by atoms with Crippen molar-refractivity contribution >= 4 is 13.8 Å². The topological polar surface area (TPSA) is 559 Å². The summed E-state index contributed by atoms with van der Waals surface area (Å²) in [5.41, 5.74) is 0. The molecule has 77 heavy (non-hydrogen) atoms. The number of aliphatic carboxylic acids is 1. The molecule has 6 heterocycles. The first-order valence-corrected chi connectivity index (χ1v) is 25.8. The van der Waals surface area contributed by atoms with Crippen LogP contribution >= 0.6 is 7.82 Å². The van der Waals surface area contributed by atoms with Crippen molar-refractivity contribution < 1.29 is 172 Å². The van der Waals surface area contributed by atoms with Gasteiger partial charge >= 0.3 is 13.8 Å². The molecule has 35 nitrogen and oxygen atoms in total. The smallest absolute Gasteiger partial charge is 0.469 e. The molecule has 30 atom stereocenters. The lowest BCUT2D eigenvalue weighted by molar-refractivity contribution is -0.391. The molecule has 0 aromatic carbocycles. The maximum absolute atomic E-state index is 11.7. The van der Waals surface area contributed by atoms with E-state index in [9.17, 15) is 96.2 Å². The highest BCUT2D eigenvalue weighted by Gasteiger charge is 2.56. The third-order valence-corrected chi connectivity index (χ3v) is 14.1. The van der Waals surface area contributed by atoms with Gasteiger partial charge in [-0.3, -0.25) is 9.32 Å². The molecule has 0 amide bonds. The molecule has 6 aliphatic rings. The lowest BCUT2D eigenvalue weighted by Gasteiger charge is -2.48. The second-order valence-corrected chi connectivity index (χ2v) is 20.3. The van der Waals surface area contributed by atoms with E-state index >= 15 is 0 Å². The average molecular weight is 1150 g/mol. The number of phosphoric acid groups is 1. The van der Waals surface area contributed by atoms with Gasteiger partial charge in [-0.15, -0.1) is 0 Å². The molecule has 6 rings (SSSR count). The van der Waals surface area contributed by atoms with Gasteiger partial charge in [-0.05, 0) is 12.8 Å². The second kappa shape index (κ2) is 28.1. The quantitative estimate of drug-likeness (QED) is 0.0334. The molecule has 0 aromatic heterocycles. The zero-order valence-corrected chi connectivity index (χ0v) is 41.6. The van der Waals surface area contributed by atoms with Gasteiger partial charge in [-0.25, -0.2) is 4.57 Å². The number of phosphoric ester groups is 1. The number of hydrogen-bond acceptors (Lipinski definition) is 32. The van der Waals surface area contributed by atoms with E-state index in [4.69, 9.17) is 71.7 Å². The van der Waals surface area contributed by atoms with Crippen molar-refractivity contribution in [2.75, 3.05) is 39.6 Å². The highest BCUT2D eigenvalue weighted by atomic mass is 31.2. The Balaban J connectivity index is 1.19. The van der Waals surface area contributed by atoms with Crippen LogP contribution in [0.3, 0.4) is 0 Å². The maximum atomic E-state index is 11.7. The number of carbonyl (C=O) groups is 1. The molecule has 0 saturated carbocycles. The number of carboxylic acids is 1. The molecular weight excluding hydrogens is 1080 g/mol. The van der Waals surface area contributed by atoms with Crippen LogP contribution in [-0.4, -0.2) is 332 Å². The maximum Gasteiger partial charge on any atom is 0.469 e. The van der Waals surface area contributed by atoms with E-state index < -0.39 is 244 Å². The molecule has 12 unspecified atom stereocenters. The number of rotatable bonds is 23. The van der Waals surface area contributed by atoms with E-state index in [1.165, 1.54) is 0 Å². The van der Waals surface area contributed by atoms with Crippen LogP contribution in [0.4, 0.5) is 0 Å². The zero-order chi connectivity index (χ0) is 57.0. The molecule has 0 spiro atoms. The van der Waals surface area contributed by atoms with E-state index in [-0.39, 0.29) is 12.8 Å². The van der Waals surface area contributed by atoms with Crippen LogP contribution < -0.4 is 0 Å². The summed E-state index contributed by atoms with van der Waals surface area (Å²) in [5, 5.41) is 192. The Kier molecular flexibility index (Phi) is 23.6. The molecule has 0 radical (unpaired) electrons. The molecule has 6 fully saturated rings. The fraction of sp³-hybridized carbons (Fsp3) is 0.976. The minimum Gasteiger partial charge on any atom is -0.481 e. The fourth-order valence-corrected chi connectivity index (χ4v) is 9.49. The first-order valence-electron chi connectivity index (χ1n) is 24.3. The SMILES string of the molecule is CCC1O[C@@H](OC2[C@@H](OCC3O[C@H](OCC4O[C@@H](OCCCC(=O)O)C(O)[C@@H](O[C@@H]5OC(CO)[C@@H](O)[C@H](O)C5O[C@H]5OC(COP(=O)(O)O)[C@@H](O)[C@H](O)C5O)[C@@H]4O)C(O)[C@@H](O)[C@@H]3O)OC(CO)[C@@H](O)[C@@H]2O)C(O)[C@@H](O)[C@@H]1O. The number of carboxylic acid groups (broad SMARTS) is 1. The second-order valence-electron chi connectivity index (χ2n) is 19.0. The summed E-state index contributed by atoms with van der Waals surface area (Å²) >= 11 is 0. The summed E-state index contributed by atoms with van der Waals surface area (Å²) in [7, 11) is -5.20. The van der Waals surface area contributed by atoms with Crippen LogP contribution in [0.1, 0.15) is 26.2 Å². The van der Waals surface area contributed by atoms with Crippen molar-refractivity contribution in [1.82, 2.24) is 0 Å². The molecule has 450 valence electrons. The fourth-order valence-electron chi connectivity index (χ4n) is 9.15. The number of aliphatic hydroxyl groups is 17. The number of ether oxygens (including phenoxy) is 12. The zero-order valence-electron chi connectivity index (χ0n) is 40.7. The molecule has 36 heteroatoms. The summed E-state index contributed by atoms with van der Waals surface area (Å²) in [5.74, 6) is -1.23. The number of hydrogen-bond donors (Lipinski definition) is 20. The van der Waals surface area contributed by atoms with Gasteiger partial charge in [0.15, 0.2) is 37.7 Å². The third-order valence-electron chi connectivity index (χ3n) is 13.6. The van der Waals surface area contributed by atoms with E-state index in [0.29, 0.717) is 0 Å². The van der Waals surface area contributed by atoms with Crippen LogP contribution in [0.15, 0.2) is 0 Å². The Morgan fingerprint density at radius 2 is 0.792 bits per heavy atom. The molecule has 0 aromatic rings. The van der Waals surface area contributed by atoms with E-state index in [1.54, 1.807) is 6.92 Å². The van der Waals surface area contributed by atoms with Gasteiger partial charge in [0, 0.05) is 6.42 Å². The summed E-state index contributed by atoms with van der Waals surface area (Å²) in [4.78, 5) is 29.6. The summed E-state index contributed by atoms with van der Waals surface area (Å²) in [6.07, 6.45) is -58.0. The molecule has 6 aliphatic heterocycles. The molecule has 6 saturated heterocycles. The lowest BCUT2D eigenvalue weighted by Crippen LogP contribution is -2.67. The Morgan fingerprint density at radius 3 is 1.29 bits per heavy atom. The van der Waals surface area contributed by atoms with Gasteiger partial charge in [0.05, 0.1) is 45.7 Å². The largest absolute Gasteiger partial charge is 0.481 e. The molecular formula is C41H71O35P. The highest BCUT2D eigenvalue weighted by molar-refractivity contribution is 7.46. The average Bonchev–Trinajstić information content (AvgIpc) is 3.40. The van der Waals surface area contributed by atoms with Crippen molar-refractivity contribution in [3.8, 4) is 0 Å². The van der Waals surface area contributed by atoms with Crippen LogP contribution in [-0.2, 0) is 70.7 Å². The minimum absolute atomic E-state index is 0.119. The Morgan fingerprint density at radius 1 is 0.416 bits per heavy atom. The Bertz CT molecular complexity index is 1860. The highest BCUT2D eigenvalue weighted by Crippen LogP contribution is 2.39. The molecule has 0 bridgehead atoms. The standard InChI is InChI=1S/C41H71O35P/c1-2-11-18(46)24(52)30(58)38(68-11)75-34-27(55)19(47)12(6-42)69-40(34)66-8-14-21(49)25(53)29(57)36(71-14)65-9-15-23(51)33(32(60)37(72-15)64-5-3-4-17(44)45)74-41-35(28(56)20(48)13(7-43)70-41)76-39-31(59)26(54)22(50)16(73-39)10-67-77(61,62)63/h11-16,18-43,46-60H,2-10H2,1H3,(H,44,45)(H2,61,62,63)/t11?,12?,13?,14?,15?,16?,18-,19-,20-,21-,22-,23-,24+,25+,26+,27+,28+,29?,30?,31?,32?,33+,34?,35?,36+,37-,38+,39-,40+,41+/m1/s1. The van der Waals surface area contributed by atoms with Gasteiger partial charge in [-0.2, -0.15) is 0 Å². The van der Waals surface area contributed by atoms with Gasteiger partial charge < -0.3 is 159 Å². The van der Waals surface area contributed by atoms with E-state index in [0.717, 1.165) is 0 Å². The van der Waals surface area contributed by atoms with Gasteiger partial charge in [0.2, 0.25) is 0 Å². The summed E-state index contributed by atoms with van der Waals surface area (Å²) in [6, 6.07) is 0. The van der Waals surface area contributed by atoms with E-state index in [1.807, 2.05) is 0 Å². The third kappa shape index (κ3) is 15.4. The van der Waals surface area contributed by atoms with Crippen molar-refractivity contribution in [2.24, 2.45) is 0 Å². The molecule has 0 aliphatic carbocycles. The Labute approximate surface area is 435 Å². The Hall–Kier alpha value is -1.58. The minimum atomic E-state index is -5.20. The predicted molar refractivity (Wildman–Crippen MR) is 234 cm³/mol. The van der Waals surface area contributed by atoms with Crippen LogP contribution in [0, 0.1) is 0 Å². The van der Waals surface area contributed by atoms with Crippen molar-refractivity contribution in [3.05, 3.63) is 0 Å². The number of aliphatic hydroxyl groups excluding tert-OH is 17. The van der Waals surface area contributed by atoms with Gasteiger partial charge in [0.25, 0.3) is 0 Å². The summed E-state index contributed by atoms with van der Waals surface area (Å²) in [6.45, 7) is -3.60. The van der Waals surface area contributed by atoms with Crippen molar-refractivity contribution in [1.29, 1.82) is 0 Å². The van der Waals surface area contributed by atoms with Crippen molar-refractivity contribution in [3.63, 3.8) is 0 Å². The van der Waals surface area contributed by atoms with Crippen LogP contribution in [0.2, 0.25) is 0 Å². The first-order chi connectivity index (χ1) is 36.2. The van der Waals surface area contributed by atoms with Crippen molar-refractivity contribution in [2.45, 2.75) is 210 Å².